The van der Waals surface area contributed by atoms with Gasteiger partial charge >= 0.3 is 0 Å². The van der Waals surface area contributed by atoms with Crippen LogP contribution in [0.15, 0.2) is 30.3 Å². The number of para-hydroxylation sites is 1. The van der Waals surface area contributed by atoms with Crippen LogP contribution in [-0.2, 0) is 19.6 Å². The molecule has 0 spiro atoms. The van der Waals surface area contributed by atoms with Gasteiger partial charge in [-0.15, -0.1) is 0 Å². The highest BCUT2D eigenvalue weighted by Crippen LogP contribution is 2.25. The van der Waals surface area contributed by atoms with E-state index in [4.69, 9.17) is 4.74 Å². The lowest BCUT2D eigenvalue weighted by molar-refractivity contribution is -0.120. The fraction of sp³-hybridized carbons (Fsp3) is 0.562. The van der Waals surface area contributed by atoms with Gasteiger partial charge in [0.05, 0.1) is 11.9 Å². The molecule has 0 aromatic heterocycles. The number of carbonyl (C=O) groups is 1. The summed E-state index contributed by atoms with van der Waals surface area (Å²) < 4.78 is 31.9. The van der Waals surface area contributed by atoms with E-state index in [1.54, 1.807) is 0 Å². The van der Waals surface area contributed by atoms with E-state index in [1.807, 2.05) is 35.2 Å². The zero-order valence-corrected chi connectivity index (χ0v) is 13.8. The maximum Gasteiger partial charge on any atom is 0.256 e. The summed E-state index contributed by atoms with van der Waals surface area (Å²) in [6.45, 7) is 1.35. The van der Waals surface area contributed by atoms with E-state index >= 15 is 0 Å². The summed E-state index contributed by atoms with van der Waals surface area (Å²) in [5.74, 6) is -0.582. The first-order chi connectivity index (χ1) is 11.1. The van der Waals surface area contributed by atoms with Gasteiger partial charge in [-0.3, -0.25) is 9.52 Å². The first kappa shape index (κ1) is 16.3. The van der Waals surface area contributed by atoms with E-state index in [0.29, 0.717) is 13.0 Å². The molecule has 2 unspecified atom stereocenters. The molecule has 2 aliphatic heterocycles. The van der Waals surface area contributed by atoms with Crippen molar-refractivity contribution in [3.8, 4) is 0 Å². The van der Waals surface area contributed by atoms with Gasteiger partial charge in [-0.25, -0.2) is 8.42 Å². The number of rotatable bonds is 5. The third-order valence-electron chi connectivity index (χ3n) is 4.33. The Morgan fingerprint density at radius 1 is 1.22 bits per heavy atom. The molecule has 3 rings (SSSR count). The van der Waals surface area contributed by atoms with E-state index in [9.17, 15) is 13.2 Å². The normalized spacial score (nSPS) is 24.8. The summed E-state index contributed by atoms with van der Waals surface area (Å²) in [5.41, 5.74) is 0.946. The second-order valence-electron chi connectivity index (χ2n) is 6.07. The molecule has 0 saturated carbocycles. The molecule has 2 saturated heterocycles. The molecule has 0 bridgehead atoms. The second-order valence-corrected chi connectivity index (χ2v) is 7.84. The lowest BCUT2D eigenvalue weighted by atomic mass is 10.2. The Morgan fingerprint density at radius 3 is 2.70 bits per heavy atom. The number of benzene rings is 1. The molecule has 0 aliphatic carbocycles. The van der Waals surface area contributed by atoms with Crippen molar-refractivity contribution in [2.75, 3.05) is 23.8 Å². The largest absolute Gasteiger partial charge is 0.377 e. The molecule has 2 fully saturated rings. The van der Waals surface area contributed by atoms with E-state index in [-0.39, 0.29) is 11.9 Å². The summed E-state index contributed by atoms with van der Waals surface area (Å²) >= 11 is 0. The molecule has 2 heterocycles. The monoisotopic (exact) mass is 338 g/mol. The van der Waals surface area contributed by atoms with Gasteiger partial charge < -0.3 is 9.64 Å². The van der Waals surface area contributed by atoms with Crippen LogP contribution in [-0.4, -0.2) is 45.4 Å². The minimum Gasteiger partial charge on any atom is -0.377 e. The molecule has 23 heavy (non-hydrogen) atoms. The van der Waals surface area contributed by atoms with Crippen LogP contribution in [0.4, 0.5) is 5.69 Å². The van der Waals surface area contributed by atoms with Crippen LogP contribution >= 0.6 is 0 Å². The van der Waals surface area contributed by atoms with Crippen molar-refractivity contribution in [3.05, 3.63) is 30.3 Å². The number of nitrogens with zero attached hydrogens (tertiary/aromatic N) is 1. The van der Waals surface area contributed by atoms with Crippen molar-refractivity contribution in [2.45, 2.75) is 37.8 Å². The summed E-state index contributed by atoms with van der Waals surface area (Å²) in [5, 5.41) is 0. The minimum atomic E-state index is -3.66. The summed E-state index contributed by atoms with van der Waals surface area (Å²) in [4.78, 5) is 14.4. The van der Waals surface area contributed by atoms with Crippen LogP contribution in [0.3, 0.4) is 0 Å². The van der Waals surface area contributed by atoms with Crippen molar-refractivity contribution < 1.29 is 17.9 Å². The first-order valence-electron chi connectivity index (χ1n) is 8.03. The van der Waals surface area contributed by atoms with Crippen molar-refractivity contribution in [3.63, 3.8) is 0 Å². The average molecular weight is 338 g/mol. The highest BCUT2D eigenvalue weighted by Gasteiger charge is 2.34. The summed E-state index contributed by atoms with van der Waals surface area (Å²) in [7, 11) is -3.66. The topological polar surface area (TPSA) is 75.7 Å². The van der Waals surface area contributed by atoms with Crippen LogP contribution in [0.2, 0.25) is 0 Å². The van der Waals surface area contributed by atoms with Gasteiger partial charge in [0.15, 0.2) is 0 Å². The molecule has 0 radical (unpaired) electrons. The molecule has 1 aromatic rings. The highest BCUT2D eigenvalue weighted by molar-refractivity contribution is 7.90. The predicted octanol–water partition coefficient (Wildman–Crippen LogP) is 1.28. The summed E-state index contributed by atoms with van der Waals surface area (Å²) in [6, 6.07) is 9.18. The number of amides is 1. The Balaban J connectivity index is 1.64. The molecule has 7 heteroatoms. The third-order valence-corrected chi connectivity index (χ3v) is 5.65. The smallest absolute Gasteiger partial charge is 0.256 e. The number of hydrogen-bond acceptors (Lipinski definition) is 5. The molecular formula is C16H22N2O4S. The molecule has 1 amide bonds. The number of anilines is 1. The Hall–Kier alpha value is -1.60. The van der Waals surface area contributed by atoms with Crippen molar-refractivity contribution >= 4 is 21.6 Å². The molecule has 126 valence electrons. The lowest BCUT2D eigenvalue weighted by Crippen LogP contribution is -2.47. The van der Waals surface area contributed by atoms with E-state index in [1.165, 1.54) is 0 Å². The van der Waals surface area contributed by atoms with Gasteiger partial charge in [0, 0.05) is 18.8 Å². The predicted molar refractivity (Wildman–Crippen MR) is 87.7 cm³/mol. The van der Waals surface area contributed by atoms with Crippen LogP contribution in [0.25, 0.3) is 0 Å². The zero-order chi connectivity index (χ0) is 16.3. The van der Waals surface area contributed by atoms with Gasteiger partial charge in [0.25, 0.3) is 5.91 Å². The molecule has 2 atom stereocenters. The molecule has 1 aromatic carbocycles. The van der Waals surface area contributed by atoms with Crippen LogP contribution in [0, 0.1) is 0 Å². The highest BCUT2D eigenvalue weighted by atomic mass is 32.2. The molecule has 6 nitrogen and oxygen atoms in total. The Kier molecular flexibility index (Phi) is 4.87. The van der Waals surface area contributed by atoms with Gasteiger partial charge in [-0.05, 0) is 37.8 Å². The Bertz CT molecular complexity index is 641. The van der Waals surface area contributed by atoms with Crippen LogP contribution < -0.4 is 9.62 Å². The SMILES string of the molecule is O=C(NS(=O)(=O)CC1CCCO1)C1CCCN1c1ccccc1. The number of hydrogen-bond donors (Lipinski definition) is 1. The Labute approximate surface area is 136 Å². The first-order valence-corrected chi connectivity index (χ1v) is 9.68. The van der Waals surface area contributed by atoms with Crippen molar-refractivity contribution in [2.24, 2.45) is 0 Å². The van der Waals surface area contributed by atoms with Gasteiger partial charge in [0.1, 0.15) is 6.04 Å². The maximum absolute atomic E-state index is 12.4. The lowest BCUT2D eigenvalue weighted by Gasteiger charge is -2.26. The van der Waals surface area contributed by atoms with Gasteiger partial charge in [-0.1, -0.05) is 18.2 Å². The third kappa shape index (κ3) is 4.03. The fourth-order valence-electron chi connectivity index (χ4n) is 3.25. The average Bonchev–Trinajstić information content (AvgIpc) is 3.18. The number of sulfonamides is 1. The van der Waals surface area contributed by atoms with Crippen molar-refractivity contribution in [1.82, 2.24) is 4.72 Å². The quantitative estimate of drug-likeness (QED) is 0.875. The minimum absolute atomic E-state index is 0.142. The second kappa shape index (κ2) is 6.88. The number of ether oxygens (including phenoxy) is 1. The van der Waals surface area contributed by atoms with Crippen molar-refractivity contribution in [1.29, 1.82) is 0 Å². The molecule has 1 N–H and O–H groups in total. The van der Waals surface area contributed by atoms with E-state index in [2.05, 4.69) is 4.72 Å². The van der Waals surface area contributed by atoms with Crippen LogP contribution in [0.1, 0.15) is 25.7 Å². The molecular weight excluding hydrogens is 316 g/mol. The molecule has 2 aliphatic rings. The van der Waals surface area contributed by atoms with Gasteiger partial charge in [0.2, 0.25) is 10.0 Å². The Morgan fingerprint density at radius 2 is 2.00 bits per heavy atom. The van der Waals surface area contributed by atoms with Gasteiger partial charge in [-0.2, -0.15) is 0 Å². The van der Waals surface area contributed by atoms with E-state index < -0.39 is 22.0 Å². The fourth-order valence-corrected chi connectivity index (χ4v) is 4.53. The summed E-state index contributed by atoms with van der Waals surface area (Å²) in [6.07, 6.45) is 2.84. The standard InChI is InChI=1S/C16H22N2O4S/c19-16(17-23(20,21)12-14-8-5-11-22-14)15-9-4-10-18(15)13-6-2-1-3-7-13/h1-3,6-7,14-15H,4-5,8-12H2,(H,17,19). The number of carbonyl (C=O) groups excluding carboxylic acids is 1. The maximum atomic E-state index is 12.4. The number of nitrogens with one attached hydrogen (secondary N) is 1. The van der Waals surface area contributed by atoms with Crippen LogP contribution in [0.5, 0.6) is 0 Å². The van der Waals surface area contributed by atoms with E-state index in [0.717, 1.165) is 31.5 Å². The zero-order valence-electron chi connectivity index (χ0n) is 13.0.